The molecule has 0 saturated carbocycles. The molecule has 1 rings (SSSR count). The number of rotatable bonds is 0. The van der Waals surface area contributed by atoms with Crippen molar-refractivity contribution < 1.29 is 0 Å². The highest BCUT2D eigenvalue weighted by atomic mass is 32.2. The first kappa shape index (κ1) is 6.43. The Morgan fingerprint density at radius 1 is 1.38 bits per heavy atom. The van der Waals surface area contributed by atoms with Crippen molar-refractivity contribution >= 4 is 11.8 Å². The lowest BCUT2D eigenvalue weighted by atomic mass is 10.4. The van der Waals surface area contributed by atoms with E-state index in [1.807, 2.05) is 11.8 Å². The Hall–Kier alpha value is 0.310. The van der Waals surface area contributed by atoms with E-state index in [0.717, 1.165) is 0 Å². The van der Waals surface area contributed by atoms with Crippen LogP contribution < -0.4 is 5.32 Å². The Bertz CT molecular complexity index is 32.5. The normalized spacial score (nSPS) is 24.0. The van der Waals surface area contributed by atoms with Crippen molar-refractivity contribution in [2.24, 2.45) is 0 Å². The number of hydrogen-bond donors (Lipinski definition) is 1. The van der Waals surface area contributed by atoms with Gasteiger partial charge in [0.2, 0.25) is 0 Å². The zero-order chi connectivity index (χ0) is 5.66. The lowest BCUT2D eigenvalue weighted by Gasteiger charge is -2.07. The van der Waals surface area contributed by atoms with Crippen LogP contribution in [0.15, 0.2) is 0 Å². The molecule has 2 heteroatoms. The van der Waals surface area contributed by atoms with Crippen LogP contribution in [0.3, 0.4) is 0 Å². The number of thioether (sulfide) groups is 1. The Balaban J connectivity index is 2.00. The summed E-state index contributed by atoms with van der Waals surface area (Å²) in [4.78, 5) is 0. The van der Waals surface area contributed by atoms with Gasteiger partial charge in [0.1, 0.15) is 0 Å². The standard InChI is InChI=1S/C6H12NS/c1-3-7-4-2-6-8-5-1/h5,7H,1-4,6H2. The molecule has 1 aliphatic rings. The van der Waals surface area contributed by atoms with Crippen LogP contribution in [0.5, 0.6) is 0 Å². The molecule has 0 atom stereocenters. The second-order valence-corrected chi connectivity index (χ2v) is 3.00. The van der Waals surface area contributed by atoms with Crippen LogP contribution in [0.2, 0.25) is 0 Å². The summed E-state index contributed by atoms with van der Waals surface area (Å²) >= 11 is 1.96. The van der Waals surface area contributed by atoms with Gasteiger partial charge in [-0.25, -0.2) is 0 Å². The fourth-order valence-electron chi connectivity index (χ4n) is 0.733. The van der Waals surface area contributed by atoms with Gasteiger partial charge in [-0.3, -0.25) is 0 Å². The SMILES string of the molecule is [CH]1CCNCCCS1. The first-order chi connectivity index (χ1) is 4.00. The largest absolute Gasteiger partial charge is 0.317 e. The van der Waals surface area contributed by atoms with E-state index in [9.17, 15) is 0 Å². The quantitative estimate of drug-likeness (QED) is 0.530. The maximum Gasteiger partial charge on any atom is 0.0179 e. The van der Waals surface area contributed by atoms with E-state index < -0.39 is 0 Å². The van der Waals surface area contributed by atoms with Crippen LogP contribution in [0.1, 0.15) is 12.8 Å². The Labute approximate surface area is 55.2 Å². The summed E-state index contributed by atoms with van der Waals surface area (Å²) < 4.78 is 0. The molecule has 0 spiro atoms. The monoisotopic (exact) mass is 130 g/mol. The minimum absolute atomic E-state index is 1.17. The Kier molecular flexibility index (Phi) is 3.39. The molecule has 1 saturated heterocycles. The van der Waals surface area contributed by atoms with E-state index >= 15 is 0 Å². The summed E-state index contributed by atoms with van der Waals surface area (Å²) in [6.07, 6.45) is 2.55. The van der Waals surface area contributed by atoms with Gasteiger partial charge < -0.3 is 5.32 Å². The first-order valence-electron chi connectivity index (χ1n) is 3.14. The number of hydrogen-bond acceptors (Lipinski definition) is 2. The van der Waals surface area contributed by atoms with Gasteiger partial charge in [-0.2, -0.15) is 11.8 Å². The fourth-order valence-corrected chi connectivity index (χ4v) is 1.50. The molecule has 0 amide bonds. The van der Waals surface area contributed by atoms with Gasteiger partial charge >= 0.3 is 0 Å². The zero-order valence-corrected chi connectivity index (χ0v) is 5.84. The van der Waals surface area contributed by atoms with Crippen molar-refractivity contribution in [2.45, 2.75) is 12.8 Å². The fraction of sp³-hybridized carbons (Fsp3) is 0.833. The van der Waals surface area contributed by atoms with E-state index in [0.29, 0.717) is 0 Å². The third kappa shape index (κ3) is 2.58. The Morgan fingerprint density at radius 3 is 3.38 bits per heavy atom. The highest BCUT2D eigenvalue weighted by Gasteiger charge is 1.94. The second kappa shape index (κ2) is 4.21. The highest BCUT2D eigenvalue weighted by Crippen LogP contribution is 2.10. The summed E-state index contributed by atoms with van der Waals surface area (Å²) in [6.45, 7) is 2.38. The summed E-state index contributed by atoms with van der Waals surface area (Å²) in [5.74, 6) is 3.60. The van der Waals surface area contributed by atoms with Gasteiger partial charge in [0, 0.05) is 5.75 Å². The van der Waals surface area contributed by atoms with Gasteiger partial charge in [0.15, 0.2) is 0 Å². The van der Waals surface area contributed by atoms with Gasteiger partial charge in [-0.1, -0.05) is 0 Å². The van der Waals surface area contributed by atoms with Gasteiger partial charge in [-0.15, -0.1) is 0 Å². The average Bonchev–Trinajstić information content (AvgIpc) is 1.62. The van der Waals surface area contributed by atoms with Crippen LogP contribution >= 0.6 is 11.8 Å². The van der Waals surface area contributed by atoms with Gasteiger partial charge in [-0.05, 0) is 31.7 Å². The third-order valence-corrected chi connectivity index (χ3v) is 2.17. The Morgan fingerprint density at radius 2 is 2.38 bits per heavy atom. The van der Waals surface area contributed by atoms with Crippen molar-refractivity contribution in [3.05, 3.63) is 5.75 Å². The van der Waals surface area contributed by atoms with Crippen molar-refractivity contribution in [3.8, 4) is 0 Å². The summed E-state index contributed by atoms with van der Waals surface area (Å²) in [5.41, 5.74) is 0. The van der Waals surface area contributed by atoms with E-state index in [1.54, 1.807) is 0 Å². The molecule has 1 nitrogen and oxygen atoms in total. The van der Waals surface area contributed by atoms with E-state index in [2.05, 4.69) is 11.1 Å². The van der Waals surface area contributed by atoms with Gasteiger partial charge in [0.05, 0.1) is 0 Å². The van der Waals surface area contributed by atoms with Crippen LogP contribution in [-0.4, -0.2) is 18.8 Å². The topological polar surface area (TPSA) is 12.0 Å². The second-order valence-electron chi connectivity index (χ2n) is 1.93. The molecular formula is C6H12NS. The third-order valence-electron chi connectivity index (χ3n) is 1.17. The molecule has 1 heterocycles. The van der Waals surface area contributed by atoms with Gasteiger partial charge in [0.25, 0.3) is 0 Å². The van der Waals surface area contributed by atoms with Crippen LogP contribution in [-0.2, 0) is 0 Å². The van der Waals surface area contributed by atoms with Crippen molar-refractivity contribution in [3.63, 3.8) is 0 Å². The minimum Gasteiger partial charge on any atom is -0.317 e. The van der Waals surface area contributed by atoms with Crippen molar-refractivity contribution in [2.75, 3.05) is 18.8 Å². The average molecular weight is 130 g/mol. The molecule has 1 radical (unpaired) electrons. The molecular weight excluding hydrogens is 118 g/mol. The first-order valence-corrected chi connectivity index (χ1v) is 4.19. The molecule has 0 unspecified atom stereocenters. The van der Waals surface area contributed by atoms with E-state index in [-0.39, 0.29) is 0 Å². The van der Waals surface area contributed by atoms with E-state index in [4.69, 9.17) is 0 Å². The highest BCUT2D eigenvalue weighted by molar-refractivity contribution is 8.01. The molecule has 1 fully saturated rings. The summed E-state index contributed by atoms with van der Waals surface area (Å²) in [7, 11) is 0. The molecule has 47 valence electrons. The maximum absolute atomic E-state index is 3.34. The molecule has 0 bridgehead atoms. The predicted octanol–water partition coefficient (Wildman–Crippen LogP) is 1.26. The van der Waals surface area contributed by atoms with Crippen molar-refractivity contribution in [1.82, 2.24) is 5.32 Å². The maximum atomic E-state index is 3.34. The molecule has 8 heavy (non-hydrogen) atoms. The number of nitrogens with one attached hydrogen (secondary N) is 1. The lowest BCUT2D eigenvalue weighted by molar-refractivity contribution is 0.672. The molecule has 0 aromatic carbocycles. The summed E-state index contributed by atoms with van der Waals surface area (Å²) in [6, 6.07) is 0. The molecule has 0 aromatic rings. The molecule has 1 aliphatic heterocycles. The molecule has 0 aromatic heterocycles. The minimum atomic E-state index is 1.17. The molecule has 1 N–H and O–H groups in total. The van der Waals surface area contributed by atoms with Crippen LogP contribution in [0, 0.1) is 5.75 Å². The summed E-state index contributed by atoms with van der Waals surface area (Å²) in [5, 5.41) is 3.34. The molecule has 0 aliphatic carbocycles. The predicted molar refractivity (Wildman–Crippen MR) is 38.9 cm³/mol. The zero-order valence-electron chi connectivity index (χ0n) is 5.02. The van der Waals surface area contributed by atoms with Crippen LogP contribution in [0.25, 0.3) is 0 Å². The van der Waals surface area contributed by atoms with E-state index in [1.165, 1.54) is 31.7 Å². The van der Waals surface area contributed by atoms with Crippen LogP contribution in [0.4, 0.5) is 0 Å². The smallest absolute Gasteiger partial charge is 0.0179 e. The van der Waals surface area contributed by atoms with Crippen molar-refractivity contribution in [1.29, 1.82) is 0 Å². The lowest BCUT2D eigenvalue weighted by Crippen LogP contribution is -2.18.